The van der Waals surface area contributed by atoms with Crippen molar-refractivity contribution in [3.63, 3.8) is 0 Å². The quantitative estimate of drug-likeness (QED) is 0.281. The summed E-state index contributed by atoms with van der Waals surface area (Å²) in [6, 6.07) is 3.19. The third kappa shape index (κ3) is 1.95. The van der Waals surface area contributed by atoms with E-state index in [1.165, 1.54) is 6.20 Å². The zero-order valence-electron chi connectivity index (χ0n) is 5.53. The van der Waals surface area contributed by atoms with Crippen LogP contribution in [0, 0.1) is 0 Å². The molecule has 1 aromatic heterocycles. The summed E-state index contributed by atoms with van der Waals surface area (Å²) in [5.41, 5.74) is 0.930. The molecule has 0 aliphatic heterocycles. The van der Waals surface area contributed by atoms with E-state index in [2.05, 4.69) is 10.1 Å². The SMILES string of the molecule is [B]c1ccc(/C(Cl)=N/O)nc1. The molecule has 1 rings (SSSR count). The topological polar surface area (TPSA) is 45.5 Å². The highest BCUT2D eigenvalue weighted by Gasteiger charge is 1.99. The van der Waals surface area contributed by atoms with Crippen LogP contribution in [0.15, 0.2) is 23.5 Å². The Morgan fingerprint density at radius 1 is 1.64 bits per heavy atom. The van der Waals surface area contributed by atoms with E-state index in [0.29, 0.717) is 11.2 Å². The lowest BCUT2D eigenvalue weighted by Crippen LogP contribution is -2.05. The lowest BCUT2D eigenvalue weighted by atomic mass is 9.99. The molecule has 0 atom stereocenters. The Bertz CT molecular complexity index is 272. The van der Waals surface area contributed by atoms with Gasteiger partial charge in [0.1, 0.15) is 13.5 Å². The number of aromatic nitrogens is 1. The number of pyridine rings is 1. The number of halogens is 1. The zero-order chi connectivity index (χ0) is 8.27. The minimum atomic E-state index is -0.0509. The second-order valence-electron chi connectivity index (χ2n) is 1.87. The van der Waals surface area contributed by atoms with E-state index in [1.807, 2.05) is 0 Å². The van der Waals surface area contributed by atoms with E-state index in [9.17, 15) is 0 Å². The molecule has 1 N–H and O–H groups in total. The molecule has 0 aliphatic carbocycles. The summed E-state index contributed by atoms with van der Waals surface area (Å²) in [6.07, 6.45) is 1.43. The van der Waals surface area contributed by atoms with Gasteiger partial charge in [-0.25, -0.2) is 0 Å². The van der Waals surface area contributed by atoms with Gasteiger partial charge in [-0.15, -0.1) is 0 Å². The van der Waals surface area contributed by atoms with Crippen LogP contribution >= 0.6 is 11.6 Å². The molecule has 1 heterocycles. The zero-order valence-corrected chi connectivity index (χ0v) is 6.28. The van der Waals surface area contributed by atoms with Gasteiger partial charge in [0, 0.05) is 6.20 Å². The number of hydrogen-bond donors (Lipinski definition) is 1. The fourth-order valence-corrected chi connectivity index (χ4v) is 0.690. The first-order chi connectivity index (χ1) is 5.24. The van der Waals surface area contributed by atoms with Crippen molar-refractivity contribution < 1.29 is 5.21 Å². The maximum atomic E-state index is 8.24. The Balaban J connectivity index is 2.99. The van der Waals surface area contributed by atoms with Gasteiger partial charge in [0.15, 0.2) is 5.17 Å². The van der Waals surface area contributed by atoms with Crippen molar-refractivity contribution in [2.24, 2.45) is 5.16 Å². The van der Waals surface area contributed by atoms with Crippen molar-refractivity contribution in [2.45, 2.75) is 0 Å². The second-order valence-corrected chi connectivity index (χ2v) is 2.23. The highest BCUT2D eigenvalue weighted by atomic mass is 35.5. The van der Waals surface area contributed by atoms with E-state index < -0.39 is 0 Å². The van der Waals surface area contributed by atoms with Crippen LogP contribution in [0.5, 0.6) is 0 Å². The summed E-state index contributed by atoms with van der Waals surface area (Å²) in [5, 5.41) is 11.0. The predicted molar refractivity (Wildman–Crippen MR) is 43.8 cm³/mol. The first-order valence-corrected chi connectivity index (χ1v) is 3.21. The standard InChI is InChI=1S/C6H4BClN2O/c7-4-1-2-5(9-3-4)6(8)10-11/h1-3,11H/b10-6-. The summed E-state index contributed by atoms with van der Waals surface area (Å²) in [6.45, 7) is 0. The predicted octanol–water partition coefficient (Wildman–Crippen LogP) is 0.250. The van der Waals surface area contributed by atoms with Crippen molar-refractivity contribution >= 4 is 30.1 Å². The van der Waals surface area contributed by atoms with Crippen LogP contribution in [0.25, 0.3) is 0 Å². The fraction of sp³-hybridized carbons (Fsp3) is 0. The Morgan fingerprint density at radius 3 is 2.82 bits per heavy atom. The first kappa shape index (κ1) is 8.08. The Hall–Kier alpha value is -1.03. The summed E-state index contributed by atoms with van der Waals surface area (Å²) in [7, 11) is 5.36. The normalized spacial score (nSPS) is 11.5. The van der Waals surface area contributed by atoms with Crippen LogP contribution in [0.4, 0.5) is 0 Å². The van der Waals surface area contributed by atoms with E-state index >= 15 is 0 Å². The maximum Gasteiger partial charge on any atom is 0.193 e. The van der Waals surface area contributed by atoms with Gasteiger partial charge in [-0.1, -0.05) is 28.3 Å². The van der Waals surface area contributed by atoms with Crippen LogP contribution in [0.1, 0.15) is 5.69 Å². The summed E-state index contributed by atoms with van der Waals surface area (Å²) in [5.74, 6) is 0. The monoisotopic (exact) mass is 166 g/mol. The number of rotatable bonds is 1. The smallest absolute Gasteiger partial charge is 0.193 e. The number of hydrogen-bond acceptors (Lipinski definition) is 3. The molecule has 0 amide bonds. The minimum Gasteiger partial charge on any atom is -0.410 e. The van der Waals surface area contributed by atoms with Crippen LogP contribution in [0.3, 0.4) is 0 Å². The van der Waals surface area contributed by atoms with Crippen molar-refractivity contribution in [3.05, 3.63) is 24.0 Å². The van der Waals surface area contributed by atoms with Gasteiger partial charge < -0.3 is 5.21 Å². The number of oxime groups is 1. The molecular formula is C6H4BClN2O. The van der Waals surface area contributed by atoms with Crippen molar-refractivity contribution in [1.29, 1.82) is 0 Å². The summed E-state index contributed by atoms with van der Waals surface area (Å²) in [4.78, 5) is 3.80. The van der Waals surface area contributed by atoms with Gasteiger partial charge in [0.2, 0.25) is 0 Å². The maximum absolute atomic E-state index is 8.24. The van der Waals surface area contributed by atoms with Crippen LogP contribution in [-0.2, 0) is 0 Å². The molecule has 0 saturated carbocycles. The molecule has 0 bridgehead atoms. The van der Waals surface area contributed by atoms with E-state index in [-0.39, 0.29) is 5.17 Å². The molecular weight excluding hydrogens is 162 g/mol. The average molecular weight is 166 g/mol. The van der Waals surface area contributed by atoms with E-state index in [4.69, 9.17) is 24.7 Å². The van der Waals surface area contributed by atoms with Crippen LogP contribution in [-0.4, -0.2) is 23.2 Å². The molecule has 0 aliphatic rings. The molecule has 54 valence electrons. The highest BCUT2D eigenvalue weighted by Crippen LogP contribution is 1.98. The third-order valence-electron chi connectivity index (χ3n) is 1.09. The van der Waals surface area contributed by atoms with Crippen LogP contribution in [0.2, 0.25) is 0 Å². The van der Waals surface area contributed by atoms with Crippen molar-refractivity contribution in [1.82, 2.24) is 4.98 Å². The third-order valence-corrected chi connectivity index (χ3v) is 1.35. The molecule has 0 saturated heterocycles. The molecule has 5 heteroatoms. The van der Waals surface area contributed by atoms with Gasteiger partial charge in [0.25, 0.3) is 0 Å². The van der Waals surface area contributed by atoms with Gasteiger partial charge in [-0.2, -0.15) is 0 Å². The molecule has 0 fully saturated rings. The summed E-state index contributed by atoms with van der Waals surface area (Å²) >= 11 is 5.44. The molecule has 0 spiro atoms. The minimum absolute atomic E-state index is 0.0509. The largest absolute Gasteiger partial charge is 0.410 e. The molecule has 1 aromatic rings. The molecule has 3 nitrogen and oxygen atoms in total. The number of nitrogens with zero attached hydrogens (tertiary/aromatic N) is 2. The molecule has 0 unspecified atom stereocenters. The van der Waals surface area contributed by atoms with Gasteiger partial charge in [-0.05, 0) is 6.07 Å². The Labute approximate surface area is 70.1 Å². The molecule has 0 aromatic carbocycles. The fourth-order valence-electron chi connectivity index (χ4n) is 0.579. The lowest BCUT2D eigenvalue weighted by Gasteiger charge is -1.94. The summed E-state index contributed by atoms with van der Waals surface area (Å²) < 4.78 is 0. The van der Waals surface area contributed by atoms with Gasteiger partial charge in [0.05, 0.1) is 0 Å². The first-order valence-electron chi connectivity index (χ1n) is 2.83. The van der Waals surface area contributed by atoms with E-state index in [0.717, 1.165) is 0 Å². The molecule has 2 radical (unpaired) electrons. The van der Waals surface area contributed by atoms with Crippen molar-refractivity contribution in [2.75, 3.05) is 0 Å². The lowest BCUT2D eigenvalue weighted by molar-refractivity contribution is 0.320. The Morgan fingerprint density at radius 2 is 2.36 bits per heavy atom. The van der Waals surface area contributed by atoms with Gasteiger partial charge >= 0.3 is 0 Å². The van der Waals surface area contributed by atoms with Gasteiger partial charge in [-0.3, -0.25) is 4.98 Å². The van der Waals surface area contributed by atoms with Crippen molar-refractivity contribution in [3.8, 4) is 0 Å². The second kappa shape index (κ2) is 3.39. The highest BCUT2D eigenvalue weighted by molar-refractivity contribution is 6.69. The van der Waals surface area contributed by atoms with Crippen LogP contribution < -0.4 is 5.46 Å². The Kier molecular flexibility index (Phi) is 2.49. The van der Waals surface area contributed by atoms with E-state index in [1.54, 1.807) is 12.1 Å². The average Bonchev–Trinajstić information content (AvgIpc) is 2.05. The molecule has 11 heavy (non-hydrogen) atoms.